The molecule has 0 N–H and O–H groups in total. The molecule has 0 bridgehead atoms. The largest absolute Gasteiger partial charge is 0.483 e. The highest BCUT2D eigenvalue weighted by molar-refractivity contribution is 6.34. The first-order valence-electron chi connectivity index (χ1n) is 7.11. The fourth-order valence-corrected chi connectivity index (χ4v) is 3.78. The molecule has 0 saturated carbocycles. The highest BCUT2D eigenvalue weighted by atomic mass is 35.5. The molecule has 1 aliphatic heterocycles. The lowest BCUT2D eigenvalue weighted by Crippen LogP contribution is -2.28. The van der Waals surface area contributed by atoms with Crippen LogP contribution in [0.15, 0.2) is 53.3 Å². The van der Waals surface area contributed by atoms with Crippen molar-refractivity contribution in [2.24, 2.45) is 0 Å². The normalized spacial score (nSPS) is 23.5. The summed E-state index contributed by atoms with van der Waals surface area (Å²) in [5.74, 6) is 1.21. The van der Waals surface area contributed by atoms with Crippen LogP contribution < -0.4 is 0 Å². The standard InChI is InChI=1S/C18H18Cl2O/c1-11-10-18(2,3)21-16-6-4-5-15(17(11)16)12-7-13(19)9-14(20)8-12/h4,6-10,15H,5H2,1-3H3/t15-/m1/s1. The summed E-state index contributed by atoms with van der Waals surface area (Å²) in [5.41, 5.74) is 3.39. The number of rotatable bonds is 1. The first-order chi connectivity index (χ1) is 9.85. The molecule has 3 rings (SSSR count). The molecule has 0 radical (unpaired) electrons. The quantitative estimate of drug-likeness (QED) is 0.612. The van der Waals surface area contributed by atoms with Gasteiger partial charge < -0.3 is 4.74 Å². The van der Waals surface area contributed by atoms with Gasteiger partial charge in [-0.1, -0.05) is 29.3 Å². The topological polar surface area (TPSA) is 9.23 Å². The van der Waals surface area contributed by atoms with Crippen LogP contribution in [0.4, 0.5) is 0 Å². The molecule has 0 fully saturated rings. The Morgan fingerprint density at radius 1 is 1.14 bits per heavy atom. The van der Waals surface area contributed by atoms with E-state index in [0.29, 0.717) is 10.0 Å². The van der Waals surface area contributed by atoms with E-state index in [9.17, 15) is 0 Å². The fourth-order valence-electron chi connectivity index (χ4n) is 3.24. The molecule has 2 aliphatic rings. The highest BCUT2D eigenvalue weighted by Gasteiger charge is 2.32. The van der Waals surface area contributed by atoms with Gasteiger partial charge in [0.25, 0.3) is 0 Å². The summed E-state index contributed by atoms with van der Waals surface area (Å²) >= 11 is 12.3. The van der Waals surface area contributed by atoms with Crippen molar-refractivity contribution in [1.29, 1.82) is 0 Å². The Kier molecular flexibility index (Phi) is 3.67. The van der Waals surface area contributed by atoms with Crippen LogP contribution in [0.25, 0.3) is 0 Å². The molecular formula is C18H18Cl2O. The minimum atomic E-state index is -0.263. The van der Waals surface area contributed by atoms with Crippen molar-refractivity contribution < 1.29 is 4.74 Å². The van der Waals surface area contributed by atoms with E-state index in [4.69, 9.17) is 27.9 Å². The lowest BCUT2D eigenvalue weighted by atomic mass is 9.79. The Labute approximate surface area is 135 Å². The second-order valence-electron chi connectivity index (χ2n) is 6.20. The smallest absolute Gasteiger partial charge is 0.124 e. The van der Waals surface area contributed by atoms with Crippen molar-refractivity contribution >= 4 is 23.2 Å². The molecule has 1 nitrogen and oxygen atoms in total. The Bertz CT molecular complexity index is 660. The van der Waals surface area contributed by atoms with Crippen LogP contribution in [-0.4, -0.2) is 5.60 Å². The Morgan fingerprint density at radius 2 is 1.81 bits per heavy atom. The van der Waals surface area contributed by atoms with Crippen LogP contribution >= 0.6 is 23.2 Å². The van der Waals surface area contributed by atoms with Crippen molar-refractivity contribution in [1.82, 2.24) is 0 Å². The molecule has 0 unspecified atom stereocenters. The van der Waals surface area contributed by atoms with Gasteiger partial charge in [-0.15, -0.1) is 0 Å². The maximum atomic E-state index is 6.16. The van der Waals surface area contributed by atoms with E-state index in [-0.39, 0.29) is 11.5 Å². The number of benzene rings is 1. The van der Waals surface area contributed by atoms with E-state index in [1.807, 2.05) is 12.1 Å². The molecular weight excluding hydrogens is 303 g/mol. The summed E-state index contributed by atoms with van der Waals surface area (Å²) in [6.07, 6.45) is 7.36. The van der Waals surface area contributed by atoms with Gasteiger partial charge in [0.15, 0.2) is 0 Å². The SMILES string of the molecule is CC1=CC(C)(C)OC2=C1[C@@H](c1cc(Cl)cc(Cl)c1)CC=C2. The lowest BCUT2D eigenvalue weighted by molar-refractivity contribution is 0.0777. The third-order valence-corrected chi connectivity index (χ3v) is 4.34. The third kappa shape index (κ3) is 2.90. The van der Waals surface area contributed by atoms with E-state index >= 15 is 0 Å². The molecule has 1 heterocycles. The monoisotopic (exact) mass is 320 g/mol. The maximum Gasteiger partial charge on any atom is 0.124 e. The minimum Gasteiger partial charge on any atom is -0.483 e. The van der Waals surface area contributed by atoms with Gasteiger partial charge in [0.2, 0.25) is 0 Å². The molecule has 1 aliphatic carbocycles. The Morgan fingerprint density at radius 3 is 2.48 bits per heavy atom. The van der Waals surface area contributed by atoms with Gasteiger partial charge in [0.05, 0.1) is 0 Å². The zero-order valence-electron chi connectivity index (χ0n) is 12.4. The van der Waals surface area contributed by atoms with Crippen LogP contribution in [-0.2, 0) is 4.74 Å². The first-order valence-corrected chi connectivity index (χ1v) is 7.87. The molecule has 1 atom stereocenters. The third-order valence-electron chi connectivity index (χ3n) is 3.90. The van der Waals surface area contributed by atoms with Crippen LogP contribution in [0.2, 0.25) is 10.0 Å². The predicted molar refractivity (Wildman–Crippen MR) is 88.9 cm³/mol. The summed E-state index contributed by atoms with van der Waals surface area (Å²) in [5, 5.41) is 1.35. The number of allylic oxidation sites excluding steroid dienone is 4. The van der Waals surface area contributed by atoms with Gasteiger partial charge in [0, 0.05) is 21.5 Å². The average molecular weight is 321 g/mol. The van der Waals surface area contributed by atoms with Crippen molar-refractivity contribution in [3.63, 3.8) is 0 Å². The van der Waals surface area contributed by atoms with Crippen LogP contribution in [0.1, 0.15) is 38.7 Å². The average Bonchev–Trinajstić information content (AvgIpc) is 2.35. The van der Waals surface area contributed by atoms with E-state index in [1.165, 1.54) is 11.1 Å². The minimum absolute atomic E-state index is 0.244. The highest BCUT2D eigenvalue weighted by Crippen LogP contribution is 2.44. The maximum absolute atomic E-state index is 6.16. The fraction of sp³-hybridized carbons (Fsp3) is 0.333. The predicted octanol–water partition coefficient (Wildman–Crippen LogP) is 6.05. The van der Waals surface area contributed by atoms with Gasteiger partial charge in [-0.05, 0) is 68.7 Å². The molecule has 0 amide bonds. The van der Waals surface area contributed by atoms with Gasteiger partial charge in [-0.25, -0.2) is 0 Å². The van der Waals surface area contributed by atoms with Gasteiger partial charge in [-0.3, -0.25) is 0 Å². The summed E-state index contributed by atoms with van der Waals surface area (Å²) in [4.78, 5) is 0. The van der Waals surface area contributed by atoms with E-state index < -0.39 is 0 Å². The Hall–Kier alpha value is -1.18. The summed E-state index contributed by atoms with van der Waals surface area (Å²) in [6, 6.07) is 5.76. The summed E-state index contributed by atoms with van der Waals surface area (Å²) in [7, 11) is 0. The van der Waals surface area contributed by atoms with Crippen molar-refractivity contribution in [3.8, 4) is 0 Å². The second kappa shape index (κ2) is 5.23. The van der Waals surface area contributed by atoms with Gasteiger partial charge >= 0.3 is 0 Å². The first kappa shape index (κ1) is 14.7. The van der Waals surface area contributed by atoms with E-state index in [0.717, 1.165) is 17.7 Å². The van der Waals surface area contributed by atoms with Crippen molar-refractivity contribution in [2.75, 3.05) is 0 Å². The van der Waals surface area contributed by atoms with Gasteiger partial charge in [-0.2, -0.15) is 0 Å². The number of ether oxygens (including phenoxy) is 1. The Balaban J connectivity index is 2.08. The number of halogens is 2. The van der Waals surface area contributed by atoms with Crippen LogP contribution in [0, 0.1) is 0 Å². The summed E-state index contributed by atoms with van der Waals surface area (Å²) < 4.78 is 6.11. The van der Waals surface area contributed by atoms with Crippen LogP contribution in [0.3, 0.4) is 0 Å². The number of hydrogen-bond acceptors (Lipinski definition) is 1. The zero-order valence-corrected chi connectivity index (χ0v) is 13.9. The lowest BCUT2D eigenvalue weighted by Gasteiger charge is -2.36. The second-order valence-corrected chi connectivity index (χ2v) is 7.08. The molecule has 0 spiro atoms. The van der Waals surface area contributed by atoms with E-state index in [1.54, 1.807) is 6.07 Å². The molecule has 0 saturated heterocycles. The zero-order chi connectivity index (χ0) is 15.2. The molecule has 21 heavy (non-hydrogen) atoms. The van der Waals surface area contributed by atoms with Crippen LogP contribution in [0.5, 0.6) is 0 Å². The molecule has 1 aromatic rings. The van der Waals surface area contributed by atoms with E-state index in [2.05, 4.69) is 39.0 Å². The van der Waals surface area contributed by atoms with Crippen molar-refractivity contribution in [2.45, 2.75) is 38.7 Å². The number of hydrogen-bond donors (Lipinski definition) is 0. The summed E-state index contributed by atoms with van der Waals surface area (Å²) in [6.45, 7) is 6.31. The molecule has 1 aromatic carbocycles. The van der Waals surface area contributed by atoms with Crippen molar-refractivity contribution in [3.05, 3.63) is 68.9 Å². The van der Waals surface area contributed by atoms with Gasteiger partial charge in [0.1, 0.15) is 11.4 Å². The molecule has 0 aromatic heterocycles. The molecule has 3 heteroatoms. The molecule has 110 valence electrons.